The van der Waals surface area contributed by atoms with Crippen LogP contribution in [0.2, 0.25) is 0 Å². The van der Waals surface area contributed by atoms with Gasteiger partial charge in [-0.2, -0.15) is 0 Å². The molecular formula is C17H23N3O3. The third-order valence-electron chi connectivity index (χ3n) is 4.41. The summed E-state index contributed by atoms with van der Waals surface area (Å²) in [6.45, 7) is 3.38. The molecule has 2 saturated heterocycles. The molecule has 2 amide bonds. The van der Waals surface area contributed by atoms with Crippen molar-refractivity contribution in [2.45, 2.75) is 12.5 Å². The van der Waals surface area contributed by atoms with E-state index < -0.39 is 0 Å². The monoisotopic (exact) mass is 317 g/mol. The Labute approximate surface area is 136 Å². The first kappa shape index (κ1) is 16.0. The van der Waals surface area contributed by atoms with Gasteiger partial charge in [-0.15, -0.1) is 0 Å². The standard InChI is InChI=1S/C17H23N3O3/c1-19-7-8-23-15(12-19)10-18-17(22)13-9-16(21)20(11-13)14-5-3-2-4-6-14/h2-6,13,15H,7-12H2,1H3,(H,18,22). The Kier molecular flexibility index (Phi) is 4.93. The quantitative estimate of drug-likeness (QED) is 0.878. The van der Waals surface area contributed by atoms with Crippen molar-refractivity contribution in [1.82, 2.24) is 10.2 Å². The number of morpholine rings is 1. The topological polar surface area (TPSA) is 61.9 Å². The second kappa shape index (κ2) is 7.10. The van der Waals surface area contributed by atoms with Crippen LogP contribution in [0.3, 0.4) is 0 Å². The van der Waals surface area contributed by atoms with Crippen LogP contribution in [0, 0.1) is 5.92 Å². The van der Waals surface area contributed by atoms with Gasteiger partial charge in [0.05, 0.1) is 18.6 Å². The molecule has 1 aromatic carbocycles. The number of rotatable bonds is 4. The number of hydrogen-bond acceptors (Lipinski definition) is 4. The second-order valence-corrected chi connectivity index (χ2v) is 6.24. The number of benzene rings is 1. The Morgan fingerprint density at radius 2 is 2.09 bits per heavy atom. The number of para-hydroxylation sites is 1. The molecule has 0 radical (unpaired) electrons. The minimum absolute atomic E-state index is 0.00463. The molecule has 3 rings (SSSR count). The average molecular weight is 317 g/mol. The van der Waals surface area contributed by atoms with Crippen molar-refractivity contribution in [3.8, 4) is 0 Å². The summed E-state index contributed by atoms with van der Waals surface area (Å²) in [5.74, 6) is -0.345. The lowest BCUT2D eigenvalue weighted by Crippen LogP contribution is -2.47. The van der Waals surface area contributed by atoms with Crippen LogP contribution in [0.4, 0.5) is 5.69 Å². The number of anilines is 1. The van der Waals surface area contributed by atoms with E-state index in [2.05, 4.69) is 10.2 Å². The van der Waals surface area contributed by atoms with Crippen LogP contribution in [0.25, 0.3) is 0 Å². The molecule has 2 unspecified atom stereocenters. The van der Waals surface area contributed by atoms with Crippen LogP contribution in [0.5, 0.6) is 0 Å². The molecule has 6 heteroatoms. The molecule has 124 valence electrons. The van der Waals surface area contributed by atoms with Gasteiger partial charge >= 0.3 is 0 Å². The van der Waals surface area contributed by atoms with Crippen LogP contribution in [-0.2, 0) is 14.3 Å². The van der Waals surface area contributed by atoms with Crippen LogP contribution in [0.1, 0.15) is 6.42 Å². The van der Waals surface area contributed by atoms with Crippen molar-refractivity contribution < 1.29 is 14.3 Å². The predicted molar refractivity (Wildman–Crippen MR) is 87.1 cm³/mol. The zero-order valence-corrected chi connectivity index (χ0v) is 13.4. The Morgan fingerprint density at radius 3 is 2.83 bits per heavy atom. The first-order chi connectivity index (χ1) is 11.1. The molecule has 23 heavy (non-hydrogen) atoms. The number of nitrogens with zero attached hydrogens (tertiary/aromatic N) is 2. The number of carbonyl (C=O) groups excluding carboxylic acids is 2. The lowest BCUT2D eigenvalue weighted by molar-refractivity contribution is -0.127. The molecular weight excluding hydrogens is 294 g/mol. The van der Waals surface area contributed by atoms with E-state index in [0.29, 0.717) is 19.7 Å². The van der Waals surface area contributed by atoms with Gasteiger partial charge in [-0.25, -0.2) is 0 Å². The molecule has 0 aliphatic carbocycles. The molecule has 2 fully saturated rings. The van der Waals surface area contributed by atoms with E-state index in [1.165, 1.54) is 0 Å². The minimum Gasteiger partial charge on any atom is -0.374 e. The van der Waals surface area contributed by atoms with E-state index in [1.54, 1.807) is 4.90 Å². The molecule has 2 atom stereocenters. The summed E-state index contributed by atoms with van der Waals surface area (Å²) in [6, 6.07) is 9.49. The number of carbonyl (C=O) groups is 2. The van der Waals surface area contributed by atoms with Gasteiger partial charge in [-0.1, -0.05) is 18.2 Å². The maximum atomic E-state index is 12.3. The summed E-state index contributed by atoms with van der Waals surface area (Å²) < 4.78 is 5.64. The van der Waals surface area contributed by atoms with E-state index in [0.717, 1.165) is 18.8 Å². The highest BCUT2D eigenvalue weighted by Gasteiger charge is 2.35. The zero-order valence-electron chi connectivity index (χ0n) is 13.4. The fourth-order valence-electron chi connectivity index (χ4n) is 3.09. The van der Waals surface area contributed by atoms with Gasteiger partial charge < -0.3 is 19.9 Å². The highest BCUT2D eigenvalue weighted by molar-refractivity contribution is 6.00. The highest BCUT2D eigenvalue weighted by Crippen LogP contribution is 2.24. The van der Waals surface area contributed by atoms with Crippen molar-refractivity contribution in [3.63, 3.8) is 0 Å². The van der Waals surface area contributed by atoms with Crippen LogP contribution in [0.15, 0.2) is 30.3 Å². The highest BCUT2D eigenvalue weighted by atomic mass is 16.5. The molecule has 1 aromatic rings. The van der Waals surface area contributed by atoms with Crippen LogP contribution >= 0.6 is 0 Å². The minimum atomic E-state index is -0.288. The molecule has 1 N–H and O–H groups in total. The fraction of sp³-hybridized carbons (Fsp3) is 0.529. The van der Waals surface area contributed by atoms with Crippen molar-refractivity contribution in [1.29, 1.82) is 0 Å². The predicted octanol–water partition coefficient (Wildman–Crippen LogP) is 0.486. The fourth-order valence-corrected chi connectivity index (χ4v) is 3.09. The van der Waals surface area contributed by atoms with Crippen molar-refractivity contribution in [3.05, 3.63) is 30.3 Å². The number of likely N-dealkylation sites (N-methyl/N-ethyl adjacent to an activating group) is 1. The summed E-state index contributed by atoms with van der Waals surface area (Å²) in [5.41, 5.74) is 0.852. The Hall–Kier alpha value is -1.92. The van der Waals surface area contributed by atoms with Crippen LogP contribution in [-0.4, -0.2) is 62.7 Å². The van der Waals surface area contributed by atoms with Crippen molar-refractivity contribution >= 4 is 17.5 Å². The SMILES string of the molecule is CN1CCOC(CNC(=O)C2CC(=O)N(c3ccccc3)C2)C1. The second-order valence-electron chi connectivity index (χ2n) is 6.24. The molecule has 0 bridgehead atoms. The summed E-state index contributed by atoms with van der Waals surface area (Å²) in [6.07, 6.45) is 0.298. The normalized spacial score (nSPS) is 25.6. The van der Waals surface area contributed by atoms with Gasteiger partial charge in [-0.3, -0.25) is 9.59 Å². The van der Waals surface area contributed by atoms with Gasteiger partial charge in [0.25, 0.3) is 0 Å². The Balaban J connectivity index is 1.52. The largest absolute Gasteiger partial charge is 0.374 e. The van der Waals surface area contributed by atoms with E-state index in [1.807, 2.05) is 37.4 Å². The Morgan fingerprint density at radius 1 is 1.30 bits per heavy atom. The first-order valence-electron chi connectivity index (χ1n) is 8.07. The zero-order chi connectivity index (χ0) is 16.2. The maximum absolute atomic E-state index is 12.3. The average Bonchev–Trinajstić information content (AvgIpc) is 2.95. The lowest BCUT2D eigenvalue weighted by atomic mass is 10.1. The Bertz CT molecular complexity index is 563. The smallest absolute Gasteiger partial charge is 0.227 e. The number of ether oxygens (including phenoxy) is 1. The van der Waals surface area contributed by atoms with Gasteiger partial charge in [0.2, 0.25) is 11.8 Å². The number of amides is 2. The molecule has 0 aromatic heterocycles. The molecule has 0 spiro atoms. The molecule has 2 aliphatic rings. The molecule has 2 aliphatic heterocycles. The first-order valence-corrected chi connectivity index (χ1v) is 8.07. The van der Waals surface area contributed by atoms with Crippen molar-refractivity contribution in [2.24, 2.45) is 5.92 Å². The van der Waals surface area contributed by atoms with Crippen molar-refractivity contribution in [2.75, 3.05) is 44.7 Å². The summed E-state index contributed by atoms with van der Waals surface area (Å²) in [5, 5.41) is 2.94. The maximum Gasteiger partial charge on any atom is 0.227 e. The molecule has 2 heterocycles. The number of nitrogens with one attached hydrogen (secondary N) is 1. The van der Waals surface area contributed by atoms with Gasteiger partial charge in [0, 0.05) is 38.3 Å². The van der Waals surface area contributed by atoms with Gasteiger partial charge in [0.15, 0.2) is 0 Å². The van der Waals surface area contributed by atoms with Crippen LogP contribution < -0.4 is 10.2 Å². The van der Waals surface area contributed by atoms with E-state index in [4.69, 9.17) is 4.74 Å². The van der Waals surface area contributed by atoms with E-state index >= 15 is 0 Å². The summed E-state index contributed by atoms with van der Waals surface area (Å²) in [4.78, 5) is 28.4. The molecule has 6 nitrogen and oxygen atoms in total. The van der Waals surface area contributed by atoms with E-state index in [-0.39, 0.29) is 30.3 Å². The van der Waals surface area contributed by atoms with Gasteiger partial charge in [-0.05, 0) is 19.2 Å². The van der Waals surface area contributed by atoms with Gasteiger partial charge in [0.1, 0.15) is 0 Å². The summed E-state index contributed by atoms with van der Waals surface area (Å²) >= 11 is 0. The lowest BCUT2D eigenvalue weighted by Gasteiger charge is -2.30. The molecule has 0 saturated carbocycles. The third kappa shape index (κ3) is 3.89. The van der Waals surface area contributed by atoms with E-state index in [9.17, 15) is 9.59 Å². The number of hydrogen-bond donors (Lipinski definition) is 1. The summed E-state index contributed by atoms with van der Waals surface area (Å²) in [7, 11) is 2.05. The third-order valence-corrected chi connectivity index (χ3v) is 4.41.